The number of hydrazone groups is 1. The number of halogens is 2. The van der Waals surface area contributed by atoms with E-state index in [1.54, 1.807) is 18.5 Å². The fourth-order valence-electron chi connectivity index (χ4n) is 4.08. The van der Waals surface area contributed by atoms with E-state index in [9.17, 15) is 14.3 Å². The molecule has 0 spiro atoms. The summed E-state index contributed by atoms with van der Waals surface area (Å²) in [5.41, 5.74) is 2.79. The predicted octanol–water partition coefficient (Wildman–Crippen LogP) is 3.31. The quantitative estimate of drug-likeness (QED) is 0.574. The lowest BCUT2D eigenvalue weighted by molar-refractivity contribution is 0.141. The first kappa shape index (κ1) is 21.4. The van der Waals surface area contributed by atoms with Gasteiger partial charge in [0.05, 0.1) is 29.9 Å². The van der Waals surface area contributed by atoms with Crippen LogP contribution in [-0.2, 0) is 6.54 Å². The number of nitrogens with zero attached hydrogens (tertiary/aromatic N) is 6. The van der Waals surface area contributed by atoms with E-state index < -0.39 is 11.9 Å². The maximum atomic E-state index is 13.5. The van der Waals surface area contributed by atoms with Crippen molar-refractivity contribution in [2.24, 2.45) is 5.10 Å². The van der Waals surface area contributed by atoms with Crippen LogP contribution < -0.4 is 5.32 Å². The molecule has 2 aliphatic heterocycles. The molecule has 0 aliphatic carbocycles. The number of carbonyl (C=O) groups is 1. The van der Waals surface area contributed by atoms with Gasteiger partial charge in [-0.2, -0.15) is 5.10 Å². The summed E-state index contributed by atoms with van der Waals surface area (Å²) in [6, 6.07) is 6.94. The largest absolute Gasteiger partial charge is 0.394 e. The molecule has 3 aromatic rings. The van der Waals surface area contributed by atoms with E-state index in [0.29, 0.717) is 23.8 Å². The Labute approximate surface area is 194 Å². The van der Waals surface area contributed by atoms with Crippen LogP contribution in [0.3, 0.4) is 0 Å². The number of aliphatic hydroxyl groups excluding tert-OH is 1. The van der Waals surface area contributed by atoms with Gasteiger partial charge in [-0.05, 0) is 29.8 Å². The van der Waals surface area contributed by atoms with Crippen molar-refractivity contribution >= 4 is 29.8 Å². The molecule has 2 atom stereocenters. The summed E-state index contributed by atoms with van der Waals surface area (Å²) in [4.78, 5) is 23.5. The number of hydrogen-bond donors (Lipinski definition) is 2. The molecule has 1 aromatic carbocycles. The Morgan fingerprint density at radius 3 is 2.88 bits per heavy atom. The highest BCUT2D eigenvalue weighted by atomic mass is 35.5. The zero-order chi connectivity index (χ0) is 23.1. The summed E-state index contributed by atoms with van der Waals surface area (Å²) in [6.45, 7) is -0.0227. The number of aromatic nitrogens is 3. The molecule has 11 heteroatoms. The van der Waals surface area contributed by atoms with E-state index in [1.165, 1.54) is 27.7 Å². The molecule has 9 nitrogen and oxygen atoms in total. The zero-order valence-electron chi connectivity index (χ0n) is 17.7. The van der Waals surface area contributed by atoms with Crippen LogP contribution in [0.1, 0.15) is 23.7 Å². The normalized spacial score (nSPS) is 18.2. The van der Waals surface area contributed by atoms with Crippen LogP contribution >= 0.6 is 11.6 Å². The third-order valence-corrected chi connectivity index (χ3v) is 6.14. The lowest BCUT2D eigenvalue weighted by Gasteiger charge is -2.26. The fourth-order valence-corrected chi connectivity index (χ4v) is 4.26. The van der Waals surface area contributed by atoms with Gasteiger partial charge in [0.25, 0.3) is 0 Å². The number of rotatable bonds is 6. The Morgan fingerprint density at radius 1 is 1.33 bits per heavy atom. The van der Waals surface area contributed by atoms with E-state index in [2.05, 4.69) is 20.4 Å². The number of hydrogen-bond acceptors (Lipinski definition) is 7. The summed E-state index contributed by atoms with van der Waals surface area (Å²) in [5, 5.41) is 19.2. The molecule has 170 valence electrons. The Morgan fingerprint density at radius 2 is 2.18 bits per heavy atom. The maximum Gasteiger partial charge on any atom is 0.329 e. The van der Waals surface area contributed by atoms with Crippen molar-refractivity contribution in [2.45, 2.75) is 25.2 Å². The Balaban J connectivity index is 1.36. The fraction of sp³-hybridized carbons (Fsp3) is 0.273. The van der Waals surface area contributed by atoms with Crippen LogP contribution in [-0.4, -0.2) is 61.6 Å². The van der Waals surface area contributed by atoms with Crippen molar-refractivity contribution in [1.82, 2.24) is 24.4 Å². The van der Waals surface area contributed by atoms with Crippen molar-refractivity contribution in [3.05, 3.63) is 64.8 Å². The molecule has 1 unspecified atom stereocenters. The Bertz CT molecular complexity index is 1250. The summed E-state index contributed by atoms with van der Waals surface area (Å²) >= 11 is 5.90. The third-order valence-electron chi connectivity index (χ3n) is 5.85. The molecule has 4 heterocycles. The highest BCUT2D eigenvalue weighted by Gasteiger charge is 2.34. The van der Waals surface area contributed by atoms with Gasteiger partial charge < -0.3 is 15.3 Å². The van der Waals surface area contributed by atoms with Crippen LogP contribution in [0.5, 0.6) is 0 Å². The molecule has 1 amide bonds. The number of fused-ring (bicyclic) bond motifs is 1. The van der Waals surface area contributed by atoms with Gasteiger partial charge in [-0.15, -0.1) is 0 Å². The monoisotopic (exact) mass is 469 g/mol. The number of nitrogens with one attached hydrogen (secondary N) is 1. The summed E-state index contributed by atoms with van der Waals surface area (Å²) in [7, 11) is 1.88. The minimum absolute atomic E-state index is 0.00944. The molecule has 0 saturated carbocycles. The Kier molecular flexibility index (Phi) is 5.47. The molecule has 5 rings (SSSR count). The van der Waals surface area contributed by atoms with Gasteiger partial charge >= 0.3 is 6.03 Å². The molecule has 0 bridgehead atoms. The second-order valence-corrected chi connectivity index (χ2v) is 8.31. The van der Waals surface area contributed by atoms with E-state index in [0.717, 1.165) is 17.7 Å². The highest BCUT2D eigenvalue weighted by Crippen LogP contribution is 2.33. The van der Waals surface area contributed by atoms with Gasteiger partial charge in [0.1, 0.15) is 12.0 Å². The smallest absolute Gasteiger partial charge is 0.329 e. The summed E-state index contributed by atoms with van der Waals surface area (Å²) in [6.07, 6.45) is 5.96. The Hall–Kier alpha value is -3.50. The molecular weight excluding hydrogens is 449 g/mol. The van der Waals surface area contributed by atoms with Gasteiger partial charge in [-0.25, -0.2) is 19.2 Å². The maximum absolute atomic E-state index is 13.5. The lowest BCUT2D eigenvalue weighted by atomic mass is 10.1. The van der Waals surface area contributed by atoms with E-state index in [-0.39, 0.29) is 23.8 Å². The lowest BCUT2D eigenvalue weighted by Crippen LogP contribution is -2.33. The standard InChI is InChI=1S/C22H21ClFN7O2/c1-29-20(5-7-26-29)28-21-25-6-4-18(27-21)14-8-15-11-31(22(33)30(15)10-14)19(12-32)13-2-3-17(24)16(23)9-13/h2-4,6-10,19-20,32H,5,11-12H2,1H3,(H,25,27,28)/t19-,20?/m1/s1. The second kappa shape index (κ2) is 8.45. The van der Waals surface area contributed by atoms with E-state index in [4.69, 9.17) is 11.6 Å². The molecule has 0 fully saturated rings. The zero-order valence-corrected chi connectivity index (χ0v) is 18.4. The van der Waals surface area contributed by atoms with Crippen LogP contribution in [0.2, 0.25) is 5.02 Å². The van der Waals surface area contributed by atoms with Gasteiger partial charge in [-0.1, -0.05) is 17.7 Å². The third kappa shape index (κ3) is 3.91. The minimum Gasteiger partial charge on any atom is -0.394 e. The number of anilines is 1. The van der Waals surface area contributed by atoms with Crippen LogP contribution in [0.25, 0.3) is 11.3 Å². The molecular formula is C22H21ClFN7O2. The van der Waals surface area contributed by atoms with Crippen molar-refractivity contribution < 1.29 is 14.3 Å². The number of benzene rings is 1. The van der Waals surface area contributed by atoms with E-state index >= 15 is 0 Å². The average molecular weight is 470 g/mol. The first-order chi connectivity index (χ1) is 15.9. The van der Waals surface area contributed by atoms with Crippen LogP contribution in [0.4, 0.5) is 15.1 Å². The van der Waals surface area contributed by atoms with Gasteiger partial charge in [0, 0.05) is 43.3 Å². The van der Waals surface area contributed by atoms with Crippen LogP contribution in [0, 0.1) is 5.82 Å². The SMILES string of the molecule is CN1N=CCC1Nc1nccc(-c2cc3n(c2)C(=O)N([C@H](CO)c2ccc(F)c(Cl)c2)C3)n1. The van der Waals surface area contributed by atoms with Crippen molar-refractivity contribution in [1.29, 1.82) is 0 Å². The minimum atomic E-state index is -0.639. The first-order valence-corrected chi connectivity index (χ1v) is 10.8. The van der Waals surface area contributed by atoms with Crippen molar-refractivity contribution in [3.8, 4) is 11.3 Å². The van der Waals surface area contributed by atoms with Gasteiger partial charge in [0.15, 0.2) is 0 Å². The summed E-state index contributed by atoms with van der Waals surface area (Å²) in [5.74, 6) is -0.0748. The van der Waals surface area contributed by atoms with Crippen molar-refractivity contribution in [2.75, 3.05) is 19.0 Å². The van der Waals surface area contributed by atoms with Crippen molar-refractivity contribution in [3.63, 3.8) is 0 Å². The molecule has 0 saturated heterocycles. The molecule has 0 radical (unpaired) electrons. The molecule has 2 N–H and O–H groups in total. The summed E-state index contributed by atoms with van der Waals surface area (Å²) < 4.78 is 15.1. The number of amides is 1. The average Bonchev–Trinajstić information content (AvgIpc) is 3.49. The topological polar surface area (TPSA) is 98.9 Å². The highest BCUT2D eigenvalue weighted by molar-refractivity contribution is 6.30. The van der Waals surface area contributed by atoms with Gasteiger partial charge in [-0.3, -0.25) is 9.58 Å². The molecule has 2 aromatic heterocycles. The molecule has 33 heavy (non-hydrogen) atoms. The van der Waals surface area contributed by atoms with Crippen LogP contribution in [0.15, 0.2) is 47.8 Å². The number of aliphatic hydroxyl groups is 1. The first-order valence-electron chi connectivity index (χ1n) is 10.4. The predicted molar refractivity (Wildman–Crippen MR) is 121 cm³/mol. The molecule has 2 aliphatic rings. The number of carbonyl (C=O) groups excluding carboxylic acids is 1. The second-order valence-electron chi connectivity index (χ2n) is 7.91. The van der Waals surface area contributed by atoms with E-state index in [1.807, 2.05) is 24.3 Å². The van der Waals surface area contributed by atoms with Gasteiger partial charge in [0.2, 0.25) is 5.95 Å².